The summed E-state index contributed by atoms with van der Waals surface area (Å²) in [6.07, 6.45) is 3.09. The van der Waals surface area contributed by atoms with E-state index in [0.29, 0.717) is 0 Å². The van der Waals surface area contributed by atoms with Crippen molar-refractivity contribution in [3.05, 3.63) is 83.7 Å². The van der Waals surface area contributed by atoms with Gasteiger partial charge in [-0.05, 0) is 41.8 Å². The molecule has 6 heteroatoms. The van der Waals surface area contributed by atoms with Gasteiger partial charge in [0, 0.05) is 42.2 Å². The molecule has 1 aliphatic heterocycles. The van der Waals surface area contributed by atoms with Crippen molar-refractivity contribution in [2.75, 3.05) is 18.8 Å². The Morgan fingerprint density at radius 1 is 0.967 bits per heavy atom. The standard InChI is InChI=1S/C24H24N4S2/c1-2-6-19-16-28(12-10-18(19)5-1)13-14-29-21-9-11-25-20(15-21)17-30-24-26-22-7-3-4-8-23(22)27-24/h1-9,11,15H,10,12-14,16-17H2,(H,26,27). The molecule has 1 N–H and O–H groups in total. The van der Waals surface area contributed by atoms with Gasteiger partial charge in [-0.25, -0.2) is 4.98 Å². The molecule has 4 nitrogen and oxygen atoms in total. The average molecular weight is 433 g/mol. The summed E-state index contributed by atoms with van der Waals surface area (Å²) in [5.74, 6) is 1.92. The van der Waals surface area contributed by atoms with E-state index in [1.807, 2.05) is 36.2 Å². The van der Waals surface area contributed by atoms with Crippen LogP contribution in [-0.2, 0) is 18.7 Å². The van der Waals surface area contributed by atoms with Crippen molar-refractivity contribution in [1.29, 1.82) is 0 Å². The smallest absolute Gasteiger partial charge is 0.166 e. The van der Waals surface area contributed by atoms with Crippen molar-refractivity contribution in [2.24, 2.45) is 0 Å². The zero-order valence-electron chi connectivity index (χ0n) is 16.8. The van der Waals surface area contributed by atoms with Crippen LogP contribution in [0.4, 0.5) is 0 Å². The van der Waals surface area contributed by atoms with Crippen LogP contribution < -0.4 is 0 Å². The molecule has 0 atom stereocenters. The number of fused-ring (bicyclic) bond motifs is 2. The highest BCUT2D eigenvalue weighted by Crippen LogP contribution is 2.25. The second-order valence-electron chi connectivity index (χ2n) is 7.47. The van der Waals surface area contributed by atoms with Crippen LogP contribution in [0.25, 0.3) is 11.0 Å². The van der Waals surface area contributed by atoms with Gasteiger partial charge in [-0.15, -0.1) is 11.8 Å². The fourth-order valence-corrected chi connectivity index (χ4v) is 5.55. The molecule has 0 amide bonds. The van der Waals surface area contributed by atoms with E-state index < -0.39 is 0 Å². The Morgan fingerprint density at radius 2 is 1.83 bits per heavy atom. The molecule has 0 radical (unpaired) electrons. The third-order valence-corrected chi connectivity index (χ3v) is 7.28. The number of nitrogens with one attached hydrogen (secondary N) is 1. The molecule has 2 aromatic heterocycles. The van der Waals surface area contributed by atoms with Gasteiger partial charge >= 0.3 is 0 Å². The first kappa shape index (κ1) is 19.7. The Labute approximate surface area is 185 Å². The molecular weight excluding hydrogens is 408 g/mol. The van der Waals surface area contributed by atoms with Crippen LogP contribution in [0.5, 0.6) is 0 Å². The maximum atomic E-state index is 4.64. The highest BCUT2D eigenvalue weighted by Gasteiger charge is 2.15. The molecule has 0 saturated heterocycles. The largest absolute Gasteiger partial charge is 0.333 e. The highest BCUT2D eigenvalue weighted by atomic mass is 32.2. The van der Waals surface area contributed by atoms with E-state index in [1.165, 1.54) is 22.4 Å². The first-order chi connectivity index (χ1) is 14.8. The number of pyridine rings is 1. The van der Waals surface area contributed by atoms with Crippen LogP contribution >= 0.6 is 23.5 Å². The Bertz CT molecular complexity index is 1110. The van der Waals surface area contributed by atoms with Crippen LogP contribution in [0.3, 0.4) is 0 Å². The normalized spacial score (nSPS) is 14.1. The second-order valence-corrected chi connectivity index (χ2v) is 9.61. The summed E-state index contributed by atoms with van der Waals surface area (Å²) in [7, 11) is 0. The number of rotatable bonds is 7. The van der Waals surface area contributed by atoms with Crippen molar-refractivity contribution < 1.29 is 0 Å². The van der Waals surface area contributed by atoms with E-state index in [-0.39, 0.29) is 0 Å². The number of hydrogen-bond acceptors (Lipinski definition) is 5. The van der Waals surface area contributed by atoms with Gasteiger partial charge in [0.2, 0.25) is 0 Å². The van der Waals surface area contributed by atoms with Crippen molar-refractivity contribution in [1.82, 2.24) is 19.9 Å². The number of nitrogens with zero attached hydrogens (tertiary/aromatic N) is 3. The summed E-state index contributed by atoms with van der Waals surface area (Å²) < 4.78 is 0. The molecule has 5 rings (SSSR count). The van der Waals surface area contributed by atoms with E-state index in [2.05, 4.69) is 62.3 Å². The van der Waals surface area contributed by atoms with E-state index in [4.69, 9.17) is 0 Å². The number of aromatic nitrogens is 3. The second kappa shape index (κ2) is 9.25. The van der Waals surface area contributed by atoms with Gasteiger partial charge in [0.1, 0.15) is 0 Å². The molecule has 1 aliphatic rings. The van der Waals surface area contributed by atoms with Crippen LogP contribution in [0.2, 0.25) is 0 Å². The predicted octanol–water partition coefficient (Wildman–Crippen LogP) is 5.40. The Morgan fingerprint density at radius 3 is 2.77 bits per heavy atom. The van der Waals surface area contributed by atoms with Gasteiger partial charge in [0.25, 0.3) is 0 Å². The number of imidazole rings is 1. The molecule has 0 unspecified atom stereocenters. The van der Waals surface area contributed by atoms with E-state index >= 15 is 0 Å². The first-order valence-electron chi connectivity index (χ1n) is 10.3. The molecule has 3 heterocycles. The Balaban J connectivity index is 1.13. The fraction of sp³-hybridized carbons (Fsp3) is 0.250. The maximum Gasteiger partial charge on any atom is 0.166 e. The van der Waals surface area contributed by atoms with Crippen LogP contribution in [-0.4, -0.2) is 38.7 Å². The summed E-state index contributed by atoms with van der Waals surface area (Å²) in [6, 6.07) is 21.3. The lowest BCUT2D eigenvalue weighted by Crippen LogP contribution is -2.32. The lowest BCUT2D eigenvalue weighted by Gasteiger charge is -2.28. The lowest BCUT2D eigenvalue weighted by atomic mass is 10.0. The summed E-state index contributed by atoms with van der Waals surface area (Å²) in [6.45, 7) is 3.35. The summed E-state index contributed by atoms with van der Waals surface area (Å²) >= 11 is 3.62. The minimum Gasteiger partial charge on any atom is -0.333 e. The van der Waals surface area contributed by atoms with E-state index in [1.54, 1.807) is 11.8 Å². The van der Waals surface area contributed by atoms with Crippen molar-refractivity contribution in [3.8, 4) is 0 Å². The SMILES string of the molecule is c1ccc2c(c1)CCN(CCSc1ccnc(CSc3nc4ccccc4[nH]3)c1)C2. The quantitative estimate of drug-likeness (QED) is 0.396. The Kier molecular flexibility index (Phi) is 6.06. The Hall–Kier alpha value is -2.28. The highest BCUT2D eigenvalue weighted by molar-refractivity contribution is 7.99. The summed E-state index contributed by atoms with van der Waals surface area (Å²) in [4.78, 5) is 16.4. The summed E-state index contributed by atoms with van der Waals surface area (Å²) in [5.41, 5.74) is 6.19. The zero-order chi connectivity index (χ0) is 20.2. The number of benzene rings is 2. The topological polar surface area (TPSA) is 44.8 Å². The number of thioether (sulfide) groups is 2. The monoisotopic (exact) mass is 432 g/mol. The van der Waals surface area contributed by atoms with Gasteiger partial charge in [0.05, 0.1) is 16.7 Å². The maximum absolute atomic E-state index is 4.64. The third kappa shape index (κ3) is 4.72. The van der Waals surface area contributed by atoms with Gasteiger partial charge in [-0.1, -0.05) is 48.2 Å². The number of H-pyrrole nitrogens is 1. The number of aromatic amines is 1. The average Bonchev–Trinajstić information content (AvgIpc) is 3.21. The molecule has 0 spiro atoms. The van der Waals surface area contributed by atoms with Crippen LogP contribution in [0, 0.1) is 0 Å². The number of hydrogen-bond donors (Lipinski definition) is 1. The van der Waals surface area contributed by atoms with Gasteiger partial charge in [0.15, 0.2) is 5.16 Å². The van der Waals surface area contributed by atoms with E-state index in [9.17, 15) is 0 Å². The molecule has 0 fully saturated rings. The molecule has 0 saturated carbocycles. The molecule has 4 aromatic rings. The zero-order valence-corrected chi connectivity index (χ0v) is 18.4. The fourth-order valence-electron chi connectivity index (χ4n) is 3.80. The molecule has 2 aromatic carbocycles. The summed E-state index contributed by atoms with van der Waals surface area (Å²) in [5, 5.41) is 0.946. The van der Waals surface area contributed by atoms with Crippen LogP contribution in [0.15, 0.2) is 76.9 Å². The minimum absolute atomic E-state index is 0.817. The van der Waals surface area contributed by atoms with Crippen LogP contribution in [0.1, 0.15) is 16.8 Å². The van der Waals surface area contributed by atoms with Crippen molar-refractivity contribution in [2.45, 2.75) is 28.8 Å². The molecule has 152 valence electrons. The molecular formula is C24H24N4S2. The molecule has 0 bridgehead atoms. The lowest BCUT2D eigenvalue weighted by molar-refractivity contribution is 0.270. The minimum atomic E-state index is 0.817. The van der Waals surface area contributed by atoms with Gasteiger partial charge < -0.3 is 4.98 Å². The molecule has 0 aliphatic carbocycles. The van der Waals surface area contributed by atoms with Crippen molar-refractivity contribution in [3.63, 3.8) is 0 Å². The molecule has 30 heavy (non-hydrogen) atoms. The predicted molar refractivity (Wildman–Crippen MR) is 126 cm³/mol. The van der Waals surface area contributed by atoms with Crippen molar-refractivity contribution >= 4 is 34.6 Å². The first-order valence-corrected chi connectivity index (χ1v) is 12.2. The van der Waals surface area contributed by atoms with Gasteiger partial charge in [-0.3, -0.25) is 9.88 Å². The number of para-hydroxylation sites is 2. The van der Waals surface area contributed by atoms with E-state index in [0.717, 1.165) is 53.0 Å². The van der Waals surface area contributed by atoms with Gasteiger partial charge in [-0.2, -0.15) is 0 Å². The third-order valence-electron chi connectivity index (χ3n) is 5.40.